The van der Waals surface area contributed by atoms with Gasteiger partial charge in [0.1, 0.15) is 23.0 Å². The molecule has 0 bridgehead atoms. The molecule has 0 aliphatic heterocycles. The molecule has 5 nitrogen and oxygen atoms in total. The molecular weight excluding hydrogens is 512 g/mol. The molecule has 0 aromatic heterocycles. The van der Waals surface area contributed by atoms with Crippen LogP contribution in [0.2, 0.25) is 0 Å². The van der Waals surface area contributed by atoms with Crippen molar-refractivity contribution in [3.63, 3.8) is 0 Å². The lowest BCUT2D eigenvalue weighted by Crippen LogP contribution is -1.78. The lowest BCUT2D eigenvalue weighted by molar-refractivity contribution is 0.399. The van der Waals surface area contributed by atoms with Crippen LogP contribution in [0.25, 0.3) is 0 Å². The molecule has 0 atom stereocenters. The Hall–Kier alpha value is -3.96. The van der Waals surface area contributed by atoms with E-state index in [1.54, 1.807) is 45.6 Å². The number of ether oxygens (including phenoxy) is 3. The van der Waals surface area contributed by atoms with E-state index >= 15 is 0 Å². The molecule has 0 heterocycles. The van der Waals surface area contributed by atoms with Gasteiger partial charge in [0.15, 0.2) is 0 Å². The SMILES string of the molecule is CC.CC.CC.CC.CO.COc1ccccc1.COc1ccccc1.COc1ccccc1.Oc1ccccc1. The lowest BCUT2D eigenvalue weighted by atomic mass is 10.3. The van der Waals surface area contributed by atoms with Gasteiger partial charge in [0.05, 0.1) is 21.3 Å². The van der Waals surface area contributed by atoms with Crippen LogP contribution in [0.15, 0.2) is 121 Å². The Labute approximate surface area is 252 Å². The Kier molecular flexibility index (Phi) is 52.5. The summed E-state index contributed by atoms with van der Waals surface area (Å²) in [6.45, 7) is 16.0. The van der Waals surface area contributed by atoms with Crippen molar-refractivity contribution >= 4 is 0 Å². The minimum atomic E-state index is 0.322. The second-order valence-corrected chi connectivity index (χ2v) is 5.89. The number of aliphatic hydroxyl groups is 1. The van der Waals surface area contributed by atoms with E-state index < -0.39 is 0 Å². The van der Waals surface area contributed by atoms with Crippen LogP contribution >= 0.6 is 0 Å². The molecule has 0 amide bonds. The standard InChI is InChI=1S/3C7H8O.C6H6O.4C2H6.CH4O/c3*1-8-7-5-3-2-4-6-7;7-6-4-2-1-3-5-6;5*1-2/h3*2-6H,1H3;1-5,7H;4*1-2H3;2H,1H3. The van der Waals surface area contributed by atoms with Crippen molar-refractivity contribution in [1.29, 1.82) is 0 Å². The first-order chi connectivity index (χ1) is 20.2. The molecule has 0 fully saturated rings. The van der Waals surface area contributed by atoms with E-state index in [2.05, 4.69) is 0 Å². The minimum absolute atomic E-state index is 0.322. The molecule has 0 spiro atoms. The van der Waals surface area contributed by atoms with Crippen LogP contribution in [0.3, 0.4) is 0 Å². The summed E-state index contributed by atoms with van der Waals surface area (Å²) in [4.78, 5) is 0. The van der Waals surface area contributed by atoms with E-state index in [0.717, 1.165) is 24.4 Å². The number of hydrogen-bond acceptors (Lipinski definition) is 5. The van der Waals surface area contributed by atoms with Crippen molar-refractivity contribution in [3.8, 4) is 23.0 Å². The number of phenolic OH excluding ortho intramolecular Hbond substituents is 1. The second-order valence-electron chi connectivity index (χ2n) is 5.89. The number of methoxy groups -OCH3 is 3. The summed E-state index contributed by atoms with van der Waals surface area (Å²) in [6.07, 6.45) is 0. The van der Waals surface area contributed by atoms with Gasteiger partial charge in [0.2, 0.25) is 0 Å². The zero-order chi connectivity index (χ0) is 32.6. The number of benzene rings is 4. The third-order valence-electron chi connectivity index (χ3n) is 3.69. The topological polar surface area (TPSA) is 68.2 Å². The Morgan fingerprint density at radius 1 is 0.341 bits per heavy atom. The minimum Gasteiger partial charge on any atom is -0.508 e. The number of phenols is 1. The molecule has 0 unspecified atom stereocenters. The maximum atomic E-state index is 8.63. The van der Waals surface area contributed by atoms with Gasteiger partial charge in [-0.2, -0.15) is 0 Å². The summed E-state index contributed by atoms with van der Waals surface area (Å²) in [7, 11) is 5.99. The predicted octanol–water partition coefficient (Wildman–Crippen LogP) is 10.2. The highest BCUT2D eigenvalue weighted by Crippen LogP contribution is 2.07. The van der Waals surface area contributed by atoms with Gasteiger partial charge in [-0.3, -0.25) is 0 Å². The molecule has 232 valence electrons. The Balaban J connectivity index is -0.000000127. The van der Waals surface area contributed by atoms with Gasteiger partial charge in [-0.25, -0.2) is 0 Å². The van der Waals surface area contributed by atoms with Crippen molar-refractivity contribution < 1.29 is 24.4 Å². The normalized spacial score (nSPS) is 7.24. The lowest BCUT2D eigenvalue weighted by Gasteiger charge is -1.93. The van der Waals surface area contributed by atoms with Crippen LogP contribution in [0, 0.1) is 0 Å². The Morgan fingerprint density at radius 3 is 0.610 bits per heavy atom. The number of para-hydroxylation sites is 4. The van der Waals surface area contributed by atoms with Gasteiger partial charge in [0.25, 0.3) is 0 Å². The van der Waals surface area contributed by atoms with Crippen molar-refractivity contribution in [2.24, 2.45) is 0 Å². The quantitative estimate of drug-likeness (QED) is 0.256. The second kappa shape index (κ2) is 45.9. The summed E-state index contributed by atoms with van der Waals surface area (Å²) >= 11 is 0. The average molecular weight is 571 g/mol. The van der Waals surface area contributed by atoms with E-state index in [-0.39, 0.29) is 0 Å². The predicted molar refractivity (Wildman–Crippen MR) is 181 cm³/mol. The van der Waals surface area contributed by atoms with Crippen molar-refractivity contribution in [2.75, 3.05) is 28.4 Å². The molecule has 4 aromatic carbocycles. The van der Waals surface area contributed by atoms with E-state index in [9.17, 15) is 0 Å². The smallest absolute Gasteiger partial charge is 0.118 e. The van der Waals surface area contributed by atoms with Crippen molar-refractivity contribution in [2.45, 2.75) is 55.4 Å². The molecule has 0 radical (unpaired) electrons. The van der Waals surface area contributed by atoms with Gasteiger partial charge >= 0.3 is 0 Å². The molecular formula is C36H58O5. The van der Waals surface area contributed by atoms with Crippen LogP contribution in [0.5, 0.6) is 23.0 Å². The van der Waals surface area contributed by atoms with Gasteiger partial charge in [-0.05, 0) is 48.5 Å². The monoisotopic (exact) mass is 570 g/mol. The first kappa shape index (κ1) is 46.9. The molecule has 5 heteroatoms. The molecule has 4 rings (SSSR count). The van der Waals surface area contributed by atoms with Crippen molar-refractivity contribution in [3.05, 3.63) is 121 Å². The molecule has 0 saturated heterocycles. The van der Waals surface area contributed by atoms with Gasteiger partial charge in [-0.1, -0.05) is 128 Å². The van der Waals surface area contributed by atoms with E-state index in [0.29, 0.717) is 5.75 Å². The highest BCUT2D eigenvalue weighted by Gasteiger charge is 1.81. The molecule has 41 heavy (non-hydrogen) atoms. The maximum absolute atomic E-state index is 8.63. The van der Waals surface area contributed by atoms with Crippen LogP contribution in [0.1, 0.15) is 55.4 Å². The van der Waals surface area contributed by atoms with E-state index in [1.165, 1.54) is 0 Å². The molecule has 4 aromatic rings. The summed E-state index contributed by atoms with van der Waals surface area (Å²) < 4.78 is 14.7. The molecule has 2 N–H and O–H groups in total. The van der Waals surface area contributed by atoms with Crippen LogP contribution in [-0.4, -0.2) is 38.7 Å². The third kappa shape index (κ3) is 36.0. The molecule has 0 aliphatic carbocycles. The Bertz CT molecular complexity index is 794. The van der Waals surface area contributed by atoms with E-state index in [4.69, 9.17) is 24.4 Å². The Morgan fingerprint density at radius 2 is 0.512 bits per heavy atom. The van der Waals surface area contributed by atoms with Gasteiger partial charge in [-0.15, -0.1) is 0 Å². The highest BCUT2D eigenvalue weighted by molar-refractivity contribution is 5.22. The zero-order valence-corrected chi connectivity index (χ0v) is 27.7. The fourth-order valence-electron chi connectivity index (χ4n) is 2.10. The van der Waals surface area contributed by atoms with Crippen LogP contribution < -0.4 is 14.2 Å². The zero-order valence-electron chi connectivity index (χ0n) is 27.7. The fourth-order valence-corrected chi connectivity index (χ4v) is 2.10. The van der Waals surface area contributed by atoms with Crippen molar-refractivity contribution in [1.82, 2.24) is 0 Å². The number of aromatic hydroxyl groups is 1. The van der Waals surface area contributed by atoms with Crippen LogP contribution in [0.4, 0.5) is 0 Å². The van der Waals surface area contributed by atoms with E-state index in [1.807, 2.05) is 152 Å². The summed E-state index contributed by atoms with van der Waals surface area (Å²) in [5.74, 6) is 3.05. The van der Waals surface area contributed by atoms with Crippen LogP contribution in [-0.2, 0) is 0 Å². The summed E-state index contributed by atoms with van der Waals surface area (Å²) in [5.41, 5.74) is 0. The number of aliphatic hydroxyl groups excluding tert-OH is 1. The van der Waals surface area contributed by atoms with Gasteiger partial charge in [0, 0.05) is 7.11 Å². The third-order valence-corrected chi connectivity index (χ3v) is 3.69. The molecule has 0 aliphatic rings. The highest BCUT2D eigenvalue weighted by atomic mass is 16.5. The first-order valence-electron chi connectivity index (χ1n) is 14.2. The largest absolute Gasteiger partial charge is 0.508 e. The number of rotatable bonds is 3. The fraction of sp³-hybridized carbons (Fsp3) is 0.333. The summed E-state index contributed by atoms with van der Waals surface area (Å²) in [6, 6.07) is 37.8. The first-order valence-corrected chi connectivity index (χ1v) is 14.2. The maximum Gasteiger partial charge on any atom is 0.118 e. The average Bonchev–Trinajstić information content (AvgIpc) is 3.11. The van der Waals surface area contributed by atoms with Gasteiger partial charge < -0.3 is 24.4 Å². The molecule has 0 saturated carbocycles. The number of hydrogen-bond donors (Lipinski definition) is 2. The summed E-state index contributed by atoms with van der Waals surface area (Å²) in [5, 5.41) is 15.6.